The zero-order valence-electron chi connectivity index (χ0n) is 15.3. The standard InChI is InChI=1S/C20H22N2O4S/c1-12-7-8-15(9-13(12)2)21-18(24)11-22-19(25)17(27-20(22)26)10-14-5-3-4-6-16(14)23/h3,5,7-10,12-13,25H,4,6,11H2,1-2H3,(H,21,24). The van der Waals surface area contributed by atoms with Gasteiger partial charge in [0, 0.05) is 17.7 Å². The molecular weight excluding hydrogens is 364 g/mol. The van der Waals surface area contributed by atoms with E-state index < -0.39 is 10.8 Å². The van der Waals surface area contributed by atoms with Crippen molar-refractivity contribution in [2.24, 2.45) is 11.8 Å². The molecular formula is C20H22N2O4S. The van der Waals surface area contributed by atoms with Gasteiger partial charge in [-0.2, -0.15) is 0 Å². The minimum absolute atomic E-state index is 0.0265. The first-order valence-electron chi connectivity index (χ1n) is 8.89. The number of allylic oxidation sites excluding steroid dienone is 6. The van der Waals surface area contributed by atoms with E-state index >= 15 is 0 Å². The number of nitrogens with one attached hydrogen (secondary N) is 1. The van der Waals surface area contributed by atoms with Gasteiger partial charge in [0.1, 0.15) is 6.54 Å². The third-order valence-electron chi connectivity index (χ3n) is 4.77. The summed E-state index contributed by atoms with van der Waals surface area (Å²) >= 11 is 0.812. The lowest BCUT2D eigenvalue weighted by atomic mass is 9.91. The molecule has 2 atom stereocenters. The van der Waals surface area contributed by atoms with Crippen LogP contribution in [-0.4, -0.2) is 21.4 Å². The summed E-state index contributed by atoms with van der Waals surface area (Å²) in [5, 5.41) is 13.1. The molecule has 2 aliphatic carbocycles. The van der Waals surface area contributed by atoms with E-state index in [1.54, 1.807) is 6.08 Å². The van der Waals surface area contributed by atoms with E-state index in [1.807, 2.05) is 24.3 Å². The summed E-state index contributed by atoms with van der Waals surface area (Å²) in [5.74, 6) is -0.00472. The van der Waals surface area contributed by atoms with Gasteiger partial charge in [0.25, 0.3) is 0 Å². The number of aromatic hydroxyl groups is 1. The Balaban J connectivity index is 1.75. The Hall–Kier alpha value is -2.67. The maximum Gasteiger partial charge on any atom is 0.311 e. The number of thiazole rings is 1. The highest BCUT2D eigenvalue weighted by Crippen LogP contribution is 2.25. The summed E-state index contributed by atoms with van der Waals surface area (Å²) in [7, 11) is 0. The second-order valence-electron chi connectivity index (χ2n) is 6.85. The van der Waals surface area contributed by atoms with Crippen LogP contribution in [0.25, 0.3) is 6.08 Å². The fourth-order valence-corrected chi connectivity index (χ4v) is 3.77. The number of Topliss-reactive ketones (excluding diaryl/α,β-unsaturated/α-hetero) is 1. The first-order valence-corrected chi connectivity index (χ1v) is 9.70. The van der Waals surface area contributed by atoms with Gasteiger partial charge in [-0.1, -0.05) is 49.5 Å². The normalized spacial score (nSPS) is 23.6. The lowest BCUT2D eigenvalue weighted by Crippen LogP contribution is -2.30. The minimum Gasteiger partial charge on any atom is -0.493 e. The average molecular weight is 386 g/mol. The molecule has 142 valence electrons. The monoisotopic (exact) mass is 386 g/mol. The molecule has 6 nitrogen and oxygen atoms in total. The summed E-state index contributed by atoms with van der Waals surface area (Å²) in [6, 6.07) is 0. The number of carbonyl (C=O) groups excluding carboxylic acids is 2. The molecule has 2 unspecified atom stereocenters. The molecule has 0 radical (unpaired) electrons. The second-order valence-corrected chi connectivity index (χ2v) is 7.85. The Kier molecular flexibility index (Phi) is 5.60. The molecule has 1 aromatic rings. The van der Waals surface area contributed by atoms with Crippen molar-refractivity contribution in [1.29, 1.82) is 0 Å². The Morgan fingerprint density at radius 1 is 1.33 bits per heavy atom. The first kappa shape index (κ1) is 19.1. The molecule has 7 heteroatoms. The molecule has 2 aliphatic rings. The van der Waals surface area contributed by atoms with E-state index in [0.717, 1.165) is 15.9 Å². The number of hydrogen-bond donors (Lipinski definition) is 2. The SMILES string of the molecule is CC1C=CC(NC(=O)Cn2c(O)c(C=C3C=CCCC3=O)sc2=O)=CC1C. The van der Waals surface area contributed by atoms with E-state index in [1.165, 1.54) is 6.08 Å². The molecule has 1 amide bonds. The largest absolute Gasteiger partial charge is 0.493 e. The van der Waals surface area contributed by atoms with Gasteiger partial charge in [-0.15, -0.1) is 0 Å². The van der Waals surface area contributed by atoms with Crippen molar-refractivity contribution in [3.63, 3.8) is 0 Å². The Bertz CT molecular complexity index is 946. The molecule has 0 aromatic carbocycles. The third kappa shape index (κ3) is 4.36. The Morgan fingerprint density at radius 2 is 2.11 bits per heavy atom. The number of amides is 1. The van der Waals surface area contributed by atoms with Gasteiger partial charge in [0.05, 0.1) is 4.88 Å². The number of nitrogens with zero attached hydrogens (tertiary/aromatic N) is 1. The number of hydrogen-bond acceptors (Lipinski definition) is 5. The number of aromatic nitrogens is 1. The molecule has 0 saturated heterocycles. The molecule has 0 fully saturated rings. The van der Waals surface area contributed by atoms with Gasteiger partial charge in [-0.25, -0.2) is 0 Å². The highest BCUT2D eigenvalue weighted by Gasteiger charge is 2.19. The molecule has 0 saturated carbocycles. The predicted molar refractivity (Wildman–Crippen MR) is 105 cm³/mol. The van der Waals surface area contributed by atoms with Crippen LogP contribution in [0.3, 0.4) is 0 Å². The first-order chi connectivity index (χ1) is 12.8. The van der Waals surface area contributed by atoms with Gasteiger partial charge in [-0.3, -0.25) is 19.0 Å². The predicted octanol–water partition coefficient (Wildman–Crippen LogP) is 2.76. The van der Waals surface area contributed by atoms with Gasteiger partial charge < -0.3 is 10.4 Å². The number of rotatable bonds is 4. The van der Waals surface area contributed by atoms with Crippen molar-refractivity contribution in [2.45, 2.75) is 33.2 Å². The van der Waals surface area contributed by atoms with E-state index in [4.69, 9.17) is 0 Å². The van der Waals surface area contributed by atoms with Gasteiger partial charge in [0.15, 0.2) is 5.78 Å². The van der Waals surface area contributed by atoms with E-state index in [9.17, 15) is 19.5 Å². The smallest absolute Gasteiger partial charge is 0.311 e. The van der Waals surface area contributed by atoms with Crippen LogP contribution in [0.5, 0.6) is 5.88 Å². The highest BCUT2D eigenvalue weighted by molar-refractivity contribution is 7.10. The maximum absolute atomic E-state index is 12.3. The lowest BCUT2D eigenvalue weighted by Gasteiger charge is -2.19. The quantitative estimate of drug-likeness (QED) is 0.779. The van der Waals surface area contributed by atoms with Crippen LogP contribution in [0.1, 0.15) is 31.6 Å². The molecule has 3 rings (SSSR count). The van der Waals surface area contributed by atoms with Crippen LogP contribution in [0, 0.1) is 11.8 Å². The minimum atomic E-state index is -0.447. The van der Waals surface area contributed by atoms with Crippen molar-refractivity contribution in [1.82, 2.24) is 9.88 Å². The van der Waals surface area contributed by atoms with Gasteiger partial charge in [-0.05, 0) is 30.4 Å². The highest BCUT2D eigenvalue weighted by atomic mass is 32.1. The Morgan fingerprint density at radius 3 is 2.81 bits per heavy atom. The summed E-state index contributed by atoms with van der Waals surface area (Å²) < 4.78 is 1.02. The fraction of sp³-hybridized carbons (Fsp3) is 0.350. The maximum atomic E-state index is 12.3. The van der Waals surface area contributed by atoms with Crippen molar-refractivity contribution in [3.05, 3.63) is 56.2 Å². The van der Waals surface area contributed by atoms with Crippen LogP contribution < -0.4 is 10.2 Å². The van der Waals surface area contributed by atoms with Crippen molar-refractivity contribution in [3.8, 4) is 5.88 Å². The average Bonchev–Trinajstić information content (AvgIpc) is 2.88. The molecule has 27 heavy (non-hydrogen) atoms. The van der Waals surface area contributed by atoms with E-state index in [0.29, 0.717) is 35.9 Å². The topological polar surface area (TPSA) is 88.4 Å². The van der Waals surface area contributed by atoms with Crippen LogP contribution in [-0.2, 0) is 16.1 Å². The molecule has 2 N–H and O–H groups in total. The van der Waals surface area contributed by atoms with E-state index in [2.05, 4.69) is 19.2 Å². The summed E-state index contributed by atoms with van der Waals surface area (Å²) in [6.07, 6.45) is 12.0. The summed E-state index contributed by atoms with van der Waals surface area (Å²) in [6.45, 7) is 3.88. The zero-order chi connectivity index (χ0) is 19.6. The van der Waals surface area contributed by atoms with Gasteiger partial charge >= 0.3 is 4.87 Å². The molecule has 0 bridgehead atoms. The van der Waals surface area contributed by atoms with Gasteiger partial charge in [0.2, 0.25) is 11.8 Å². The molecule has 0 spiro atoms. The van der Waals surface area contributed by atoms with Crippen molar-refractivity contribution in [2.75, 3.05) is 0 Å². The van der Waals surface area contributed by atoms with E-state index in [-0.39, 0.29) is 23.1 Å². The lowest BCUT2D eigenvalue weighted by molar-refractivity contribution is -0.121. The molecule has 1 heterocycles. The van der Waals surface area contributed by atoms with Crippen LogP contribution in [0.2, 0.25) is 0 Å². The number of ketones is 1. The Labute approximate surface area is 161 Å². The van der Waals surface area contributed by atoms with Crippen LogP contribution >= 0.6 is 11.3 Å². The third-order valence-corrected chi connectivity index (χ3v) is 5.69. The van der Waals surface area contributed by atoms with Crippen molar-refractivity contribution < 1.29 is 14.7 Å². The summed E-state index contributed by atoms with van der Waals surface area (Å²) in [4.78, 5) is 36.2. The molecule has 0 aliphatic heterocycles. The van der Waals surface area contributed by atoms with Crippen LogP contribution in [0.4, 0.5) is 0 Å². The zero-order valence-corrected chi connectivity index (χ0v) is 16.1. The fourth-order valence-electron chi connectivity index (χ4n) is 2.93. The van der Waals surface area contributed by atoms with Crippen molar-refractivity contribution >= 4 is 29.1 Å². The molecule has 1 aromatic heterocycles. The van der Waals surface area contributed by atoms with Crippen LogP contribution in [0.15, 0.2) is 46.4 Å². The number of carbonyl (C=O) groups is 2. The summed E-state index contributed by atoms with van der Waals surface area (Å²) in [5.41, 5.74) is 1.14. The second kappa shape index (κ2) is 7.92.